The number of carbonyl (C=O) groups excluding carboxylic acids is 11. The number of hydrogen-bond donors (Lipinski definition) is 2. The molecule has 478 valence electrons. The molecule has 1 aromatic heterocycles. The average molecular weight is 1470 g/mol. The topological polar surface area (TPSA) is 414 Å². The Hall–Kier alpha value is -7.48. The zero-order valence-corrected chi connectivity index (χ0v) is 56.2. The van der Waals surface area contributed by atoms with Crippen molar-refractivity contribution in [2.24, 2.45) is 0 Å². The standard InChI is InChI=1S/C8H7NO5.C6H7NO5.C6H7NO4.C6H7NO2.C6H7NS2.C4H6.C3H6O2S.C3H5O.C2H6O3S.C2H4O2.C2H4O.CH4S.W/c1-13-8(10)14-7-4-2-6(3-5-7)9(11)12;1-11-6(10)12-7-4(8)2-3-5(7)9;1-4(8)11-7-5(9)2-3-6(7)10;1-4-3-5(8)7(2)6(4)9;1-8-9-6-4-2-3-5-7-6;1-3-4-2;1-3-6(2,4)5;1-3(2)4;1-5-6(2,3)4;1-2(3)4;1-2-3;1-2;/h2-5H,1H3;2-3H2,1H3;2-3H2,1H3;3H,1-2H3;2-5H,1H3;1-2H3;3H,1H2,2H3;1H2,2H3;1-2H3;1H3,(H,3,4);2H,1H3;2H,1H3;/q;;;;;;;-1;;;;;. The molecular weight excluding hydrogens is 1400 g/mol. The molecule has 3 aliphatic heterocycles. The van der Waals surface area contributed by atoms with Crippen LogP contribution in [0.1, 0.15) is 74.1 Å². The third-order valence-electron chi connectivity index (χ3n) is 6.95. The number of rotatable bonds is 8. The van der Waals surface area contributed by atoms with E-state index in [9.17, 15) is 74.9 Å². The Morgan fingerprint density at radius 1 is 0.812 bits per heavy atom. The van der Waals surface area contributed by atoms with Crippen LogP contribution in [0.25, 0.3) is 0 Å². The van der Waals surface area contributed by atoms with Crippen molar-refractivity contribution in [1.29, 1.82) is 0 Å². The van der Waals surface area contributed by atoms with Crippen molar-refractivity contribution in [3.63, 3.8) is 0 Å². The molecule has 85 heavy (non-hydrogen) atoms. The van der Waals surface area contributed by atoms with Gasteiger partial charge in [0.25, 0.3) is 57.2 Å². The van der Waals surface area contributed by atoms with Gasteiger partial charge in [0.05, 0.1) is 32.5 Å². The molecule has 2 fully saturated rings. The van der Waals surface area contributed by atoms with Crippen LogP contribution in [0, 0.1) is 28.9 Å². The fourth-order valence-corrected chi connectivity index (χ4v) is 4.74. The van der Waals surface area contributed by atoms with E-state index in [1.807, 2.05) is 38.3 Å². The number of thiol groups is 1. The number of hydrogen-bond acceptors (Lipinski definition) is 28. The van der Waals surface area contributed by atoms with E-state index in [2.05, 4.69) is 71.0 Å². The van der Waals surface area contributed by atoms with Gasteiger partial charge in [0.2, 0.25) is 0 Å². The molecule has 30 nitrogen and oxygen atoms in total. The predicted molar refractivity (Wildman–Crippen MR) is 311 cm³/mol. The van der Waals surface area contributed by atoms with Crippen LogP contribution in [0.5, 0.6) is 5.75 Å². The SMILES string of the molecule is C=CS(C)(=O)=O.CC#CC.CC(=O)O.CC(=O)ON1C(=O)CCC1=O.CC1=CC(=O)N(C)C1=O.CC=O.COC(=O)ON1C(=O)CCC1=O.COC(=O)Oc1ccc([N+](=O)[O-])cc1.COS(C)(=O)=O.CS.CSSc1ccccn1.[CH2-]C(C)=O.[W]. The molecule has 2 saturated heterocycles. The number of nitro groups is 1. The van der Waals surface area contributed by atoms with Gasteiger partial charge in [-0.2, -0.15) is 21.0 Å². The van der Waals surface area contributed by atoms with E-state index in [4.69, 9.17) is 14.7 Å². The number of aliphatic carboxylic acids is 1. The maximum Gasteiger partial charge on any atom is 0.533 e. The van der Waals surface area contributed by atoms with Gasteiger partial charge >= 0.3 is 18.3 Å². The molecule has 36 heteroatoms. The number of carbonyl (C=O) groups is 12. The number of methoxy groups -OCH3 is 2. The van der Waals surface area contributed by atoms with Crippen LogP contribution in [0.3, 0.4) is 0 Å². The van der Waals surface area contributed by atoms with Crippen molar-refractivity contribution >= 4 is 132 Å². The zero-order chi connectivity index (χ0) is 67.4. The summed E-state index contributed by atoms with van der Waals surface area (Å²) in [6.07, 6.45) is 8.20. The Labute approximate surface area is 521 Å². The molecule has 3 aliphatic rings. The molecule has 5 rings (SSSR count). The number of aldehydes is 1. The summed E-state index contributed by atoms with van der Waals surface area (Å²) in [7, 11) is 2.18. The summed E-state index contributed by atoms with van der Waals surface area (Å²) in [5.74, 6) is 1.61. The number of ketones is 1. The van der Waals surface area contributed by atoms with Gasteiger partial charge in [-0.25, -0.2) is 27.8 Å². The number of likely N-dealkylation sites (N-methyl/N-ethyl adjacent to an activating group) is 1. The van der Waals surface area contributed by atoms with Crippen LogP contribution in [-0.4, -0.2) is 172 Å². The van der Waals surface area contributed by atoms with Crippen LogP contribution in [0.2, 0.25) is 0 Å². The van der Waals surface area contributed by atoms with Crippen LogP contribution in [0.15, 0.2) is 77.3 Å². The molecule has 6 amide bonds. The summed E-state index contributed by atoms with van der Waals surface area (Å²) in [5, 5.41) is 20.6. The van der Waals surface area contributed by atoms with E-state index < -0.39 is 72.8 Å². The van der Waals surface area contributed by atoms with Gasteiger partial charge in [-0.1, -0.05) is 28.5 Å². The number of aromatic nitrogens is 1. The van der Waals surface area contributed by atoms with Crippen molar-refractivity contribution in [3.05, 3.63) is 89.3 Å². The molecule has 1 aromatic carbocycles. The smallest absolute Gasteiger partial charge is 0.481 e. The number of carboxylic acid groups (broad SMARTS) is 1. The van der Waals surface area contributed by atoms with Gasteiger partial charge in [0.1, 0.15) is 17.1 Å². The second-order valence-electron chi connectivity index (χ2n) is 13.9. The normalized spacial score (nSPS) is 11.7. The van der Waals surface area contributed by atoms with Gasteiger partial charge in [0, 0.05) is 109 Å². The molecule has 0 unspecified atom stereocenters. The molecule has 4 heterocycles. The Bertz CT molecular complexity index is 2690. The summed E-state index contributed by atoms with van der Waals surface area (Å²) >= 11 is 3.53. The van der Waals surface area contributed by atoms with E-state index in [0.29, 0.717) is 15.7 Å². The van der Waals surface area contributed by atoms with Crippen LogP contribution in [-0.2, 0) is 112 Å². The number of amides is 6. The Morgan fingerprint density at radius 2 is 1.18 bits per heavy atom. The van der Waals surface area contributed by atoms with E-state index >= 15 is 0 Å². The van der Waals surface area contributed by atoms with Crippen LogP contribution in [0.4, 0.5) is 15.3 Å². The van der Waals surface area contributed by atoms with Gasteiger partial charge < -0.3 is 40.7 Å². The van der Waals surface area contributed by atoms with Crippen molar-refractivity contribution in [1.82, 2.24) is 20.0 Å². The summed E-state index contributed by atoms with van der Waals surface area (Å²) in [4.78, 5) is 147. The van der Waals surface area contributed by atoms with Gasteiger partial charge in [-0.3, -0.25) is 57.6 Å². The number of nitro benzene ring substituents is 1. The number of imide groups is 3. The Balaban J connectivity index is -0.000000131. The summed E-state index contributed by atoms with van der Waals surface area (Å²) in [6, 6.07) is 11.0. The molecule has 0 atom stereocenters. The van der Waals surface area contributed by atoms with Crippen molar-refractivity contribution in [2.75, 3.05) is 53.4 Å². The number of nitrogens with zero attached hydrogens (tertiary/aromatic N) is 5. The minimum absolute atomic E-state index is 0. The fraction of sp³-hybridized carbons (Fsp3) is 0.388. The van der Waals surface area contributed by atoms with Crippen LogP contribution < -0.4 is 4.74 Å². The fourth-order valence-electron chi connectivity index (χ4n) is 3.52. The van der Waals surface area contributed by atoms with Crippen molar-refractivity contribution < 1.29 is 134 Å². The number of non-ortho nitro benzene ring substituents is 1. The summed E-state index contributed by atoms with van der Waals surface area (Å²) in [6.45, 7) is 16.4. The van der Waals surface area contributed by atoms with E-state index in [0.717, 1.165) is 62.2 Å². The first-order valence-corrected chi connectivity index (χ1v) is 29.7. The average Bonchev–Trinajstić information content (AvgIpc) is 4.07. The maximum atomic E-state index is 10.8. The second-order valence-corrected chi connectivity index (χ2v) is 20.0. The quantitative estimate of drug-likeness (QED) is 0.0277. The summed E-state index contributed by atoms with van der Waals surface area (Å²) < 4.78 is 56.2. The Kier molecular flexibility index (Phi) is 62.9. The van der Waals surface area contributed by atoms with E-state index in [1.165, 1.54) is 58.3 Å². The Morgan fingerprint density at radius 3 is 1.40 bits per heavy atom. The molecule has 0 radical (unpaired) electrons. The minimum Gasteiger partial charge on any atom is -0.481 e. The first-order chi connectivity index (χ1) is 38.9. The number of carboxylic acids is 1. The number of ether oxygens (including phenoxy) is 3. The number of pyridine rings is 1. The largest absolute Gasteiger partial charge is 0.533 e. The number of sulfone groups is 1. The number of benzene rings is 1. The monoisotopic (exact) mass is 1470 g/mol. The molecule has 0 saturated carbocycles. The number of hydroxylamine groups is 4. The first kappa shape index (κ1) is 93.9. The molecule has 0 aliphatic carbocycles. The third-order valence-corrected chi connectivity index (χ3v) is 9.76. The molecular formula is C49H70N5O25S5W-. The van der Waals surface area contributed by atoms with Gasteiger partial charge in [-0.05, 0) is 88.0 Å². The second kappa shape index (κ2) is 57.0. The van der Waals surface area contributed by atoms with Crippen molar-refractivity contribution in [2.45, 2.75) is 79.2 Å². The molecule has 1 N–H and O–H groups in total. The summed E-state index contributed by atoms with van der Waals surface area (Å²) in [5.41, 5.74) is 0.449. The molecule has 0 bridgehead atoms. The zero-order valence-electron chi connectivity index (χ0n) is 49.1. The molecule has 0 spiro atoms. The third kappa shape index (κ3) is 62.4. The predicted octanol–water partition coefficient (Wildman–Crippen LogP) is 5.62. The first-order valence-electron chi connectivity index (χ1n) is 22.4. The van der Waals surface area contributed by atoms with Crippen molar-refractivity contribution in [3.8, 4) is 17.6 Å². The van der Waals surface area contributed by atoms with E-state index in [1.54, 1.807) is 41.0 Å². The maximum absolute atomic E-state index is 10.8. The van der Waals surface area contributed by atoms with E-state index in [-0.39, 0.29) is 75.8 Å². The number of Topliss-reactive ketones (excluding diaryl/α,β-unsaturated/α-hetero) is 1. The van der Waals surface area contributed by atoms with Gasteiger partial charge in [0.15, 0.2) is 9.84 Å². The van der Waals surface area contributed by atoms with Crippen LogP contribution >= 0.6 is 34.2 Å². The molecule has 2 aromatic rings. The van der Waals surface area contributed by atoms with Gasteiger partial charge in [-0.15, -0.1) is 16.9 Å². The minimum atomic E-state index is -3.16.